The predicted molar refractivity (Wildman–Crippen MR) is 108 cm³/mol. The number of carbonyl (C=O) groups is 2. The van der Waals surface area contributed by atoms with Gasteiger partial charge in [0, 0.05) is 36.7 Å². The van der Waals surface area contributed by atoms with Crippen LogP contribution in [0.3, 0.4) is 0 Å². The quantitative estimate of drug-likeness (QED) is 0.579. The zero-order chi connectivity index (χ0) is 21.6. The Morgan fingerprint density at radius 1 is 0.967 bits per heavy atom. The van der Waals surface area contributed by atoms with Crippen LogP contribution < -0.4 is 0 Å². The van der Waals surface area contributed by atoms with Gasteiger partial charge in [0.25, 0.3) is 0 Å². The number of phenols is 2. The normalized spacial score (nSPS) is 19.6. The van der Waals surface area contributed by atoms with Gasteiger partial charge in [-0.3, -0.25) is 9.59 Å². The summed E-state index contributed by atoms with van der Waals surface area (Å²) >= 11 is 0. The molecule has 30 heavy (non-hydrogen) atoms. The molecule has 0 radical (unpaired) electrons. The Morgan fingerprint density at radius 2 is 1.67 bits per heavy atom. The Labute approximate surface area is 174 Å². The minimum atomic E-state index is -0.485. The molecule has 0 spiro atoms. The van der Waals surface area contributed by atoms with E-state index in [1.165, 1.54) is 7.11 Å². The first kappa shape index (κ1) is 20.2. The van der Waals surface area contributed by atoms with Crippen molar-refractivity contribution in [1.82, 2.24) is 0 Å². The average Bonchev–Trinajstić information content (AvgIpc) is 2.77. The zero-order valence-electron chi connectivity index (χ0n) is 17.3. The molecule has 0 heterocycles. The lowest BCUT2D eigenvalue weighted by atomic mass is 9.74. The number of Topliss-reactive ketones (excluding diaryl/α,β-unsaturated/α-hetero) is 2. The van der Waals surface area contributed by atoms with Crippen molar-refractivity contribution in [2.24, 2.45) is 0 Å². The summed E-state index contributed by atoms with van der Waals surface area (Å²) in [6.07, 6.45) is 4.08. The van der Waals surface area contributed by atoms with Crippen LogP contribution >= 0.6 is 0 Å². The third-order valence-corrected chi connectivity index (χ3v) is 6.08. The monoisotopic (exact) mass is 412 g/mol. The summed E-state index contributed by atoms with van der Waals surface area (Å²) < 4.78 is 15.9. The van der Waals surface area contributed by atoms with Crippen molar-refractivity contribution in [3.63, 3.8) is 0 Å². The summed E-state index contributed by atoms with van der Waals surface area (Å²) in [4.78, 5) is 26.5. The van der Waals surface area contributed by atoms with E-state index >= 15 is 0 Å². The van der Waals surface area contributed by atoms with Crippen LogP contribution in [0.25, 0.3) is 0 Å². The van der Waals surface area contributed by atoms with Crippen LogP contribution in [0.15, 0.2) is 34.3 Å². The minimum Gasteiger partial charge on any atom is -0.507 e. The van der Waals surface area contributed by atoms with Crippen LogP contribution in [-0.2, 0) is 27.1 Å². The number of methoxy groups -OCH3 is 3. The number of ether oxygens (including phenoxy) is 3. The second kappa shape index (κ2) is 7.65. The number of carbonyl (C=O) groups excluding carboxylic acids is 2. The van der Waals surface area contributed by atoms with Crippen LogP contribution in [0, 0.1) is 0 Å². The summed E-state index contributed by atoms with van der Waals surface area (Å²) in [5, 5.41) is 22.0. The van der Waals surface area contributed by atoms with Gasteiger partial charge in [0.2, 0.25) is 5.78 Å². The molecule has 3 aliphatic carbocycles. The SMILES string of the molecule is COC/C(OC)=C1\CCc2c(O)c3c(c(O)c2C1)C(=O)C1=CCCC(OC)=C1C3=O. The lowest BCUT2D eigenvalue weighted by Crippen LogP contribution is -2.28. The summed E-state index contributed by atoms with van der Waals surface area (Å²) in [5.41, 5.74) is 2.03. The van der Waals surface area contributed by atoms with E-state index in [0.29, 0.717) is 54.7 Å². The minimum absolute atomic E-state index is 0.129. The van der Waals surface area contributed by atoms with Gasteiger partial charge in [-0.2, -0.15) is 0 Å². The lowest BCUT2D eigenvalue weighted by molar-refractivity contribution is 0.0957. The molecule has 0 atom stereocenters. The third kappa shape index (κ3) is 2.84. The number of allylic oxidation sites excluding steroid dienone is 5. The van der Waals surface area contributed by atoms with Gasteiger partial charge < -0.3 is 24.4 Å². The van der Waals surface area contributed by atoms with E-state index in [1.54, 1.807) is 20.3 Å². The van der Waals surface area contributed by atoms with Gasteiger partial charge in [0.1, 0.15) is 29.6 Å². The molecule has 0 amide bonds. The second-order valence-corrected chi connectivity index (χ2v) is 7.56. The molecule has 0 saturated carbocycles. The number of benzene rings is 1. The van der Waals surface area contributed by atoms with Gasteiger partial charge in [-0.1, -0.05) is 6.08 Å². The highest BCUT2D eigenvalue weighted by molar-refractivity contribution is 6.33. The van der Waals surface area contributed by atoms with Crippen LogP contribution in [0.5, 0.6) is 11.5 Å². The van der Waals surface area contributed by atoms with E-state index in [0.717, 1.165) is 5.57 Å². The Kier molecular flexibility index (Phi) is 5.15. The highest BCUT2D eigenvalue weighted by Gasteiger charge is 2.42. The number of fused-ring (bicyclic) bond motifs is 3. The van der Waals surface area contributed by atoms with Gasteiger partial charge >= 0.3 is 0 Å². The fraction of sp³-hybridized carbons (Fsp3) is 0.391. The molecule has 0 saturated heterocycles. The van der Waals surface area contributed by atoms with Crippen molar-refractivity contribution in [3.8, 4) is 11.5 Å². The summed E-state index contributed by atoms with van der Waals surface area (Å²) in [6.45, 7) is 0.289. The first-order chi connectivity index (χ1) is 14.4. The molecule has 4 rings (SSSR count). The zero-order valence-corrected chi connectivity index (χ0v) is 17.3. The molecule has 0 bridgehead atoms. The fourth-order valence-electron chi connectivity index (χ4n) is 4.62. The van der Waals surface area contributed by atoms with E-state index in [2.05, 4.69) is 0 Å². The number of phenolic OH excluding ortho intramolecular Hbond substituents is 2. The van der Waals surface area contributed by atoms with Gasteiger partial charge in [-0.15, -0.1) is 0 Å². The van der Waals surface area contributed by atoms with Crippen molar-refractivity contribution >= 4 is 11.6 Å². The summed E-state index contributed by atoms with van der Waals surface area (Å²) in [5.74, 6) is -0.334. The molecule has 1 aromatic rings. The van der Waals surface area contributed by atoms with Crippen LogP contribution in [0.2, 0.25) is 0 Å². The van der Waals surface area contributed by atoms with Crippen LogP contribution in [0.1, 0.15) is 51.1 Å². The van der Waals surface area contributed by atoms with Gasteiger partial charge in [-0.25, -0.2) is 0 Å². The number of hydrogen-bond acceptors (Lipinski definition) is 7. The molecular formula is C23H24O7. The number of aromatic hydroxyl groups is 2. The van der Waals surface area contributed by atoms with E-state index in [9.17, 15) is 19.8 Å². The molecule has 3 aliphatic rings. The molecule has 7 heteroatoms. The second-order valence-electron chi connectivity index (χ2n) is 7.56. The van der Waals surface area contributed by atoms with Crippen molar-refractivity contribution in [1.29, 1.82) is 0 Å². The Morgan fingerprint density at radius 3 is 2.33 bits per heavy atom. The van der Waals surface area contributed by atoms with E-state index in [-0.39, 0.29) is 40.4 Å². The van der Waals surface area contributed by atoms with Gasteiger partial charge in [0.15, 0.2) is 5.78 Å². The third-order valence-electron chi connectivity index (χ3n) is 6.08. The Bertz CT molecular complexity index is 1060. The molecular weight excluding hydrogens is 388 g/mol. The lowest BCUT2D eigenvalue weighted by Gasteiger charge is -2.30. The van der Waals surface area contributed by atoms with Crippen molar-refractivity contribution in [2.75, 3.05) is 27.9 Å². The standard InChI is InChI=1S/C23H24O7/c1-28-10-16(30-3)11-7-8-12-14(9-11)22(26)18-19(20(12)24)23(27)17-13(21(18)25)5-4-6-15(17)29-2/h5,24,26H,4,6-10H2,1-3H3/b16-11-. The highest BCUT2D eigenvalue weighted by Crippen LogP contribution is 2.48. The molecule has 7 nitrogen and oxygen atoms in total. The van der Waals surface area contributed by atoms with Crippen molar-refractivity contribution in [3.05, 3.63) is 56.6 Å². The summed E-state index contributed by atoms with van der Waals surface area (Å²) in [7, 11) is 4.58. The average molecular weight is 412 g/mol. The first-order valence-electron chi connectivity index (χ1n) is 9.85. The topological polar surface area (TPSA) is 102 Å². The Hall–Kier alpha value is -3.06. The van der Waals surface area contributed by atoms with E-state index in [1.807, 2.05) is 0 Å². The largest absolute Gasteiger partial charge is 0.507 e. The number of rotatable bonds is 4. The van der Waals surface area contributed by atoms with E-state index in [4.69, 9.17) is 14.2 Å². The van der Waals surface area contributed by atoms with Gasteiger partial charge in [0.05, 0.1) is 30.9 Å². The maximum absolute atomic E-state index is 13.3. The first-order valence-corrected chi connectivity index (χ1v) is 9.85. The fourth-order valence-corrected chi connectivity index (χ4v) is 4.62. The number of hydrogen-bond donors (Lipinski definition) is 2. The van der Waals surface area contributed by atoms with Gasteiger partial charge in [-0.05, 0) is 24.8 Å². The number of ketones is 2. The predicted octanol–water partition coefficient (Wildman–Crippen LogP) is 3.13. The molecule has 2 N–H and O–H groups in total. The smallest absolute Gasteiger partial charge is 0.201 e. The van der Waals surface area contributed by atoms with E-state index < -0.39 is 11.6 Å². The van der Waals surface area contributed by atoms with Crippen molar-refractivity contribution < 1.29 is 34.0 Å². The molecule has 1 aromatic carbocycles. The highest BCUT2D eigenvalue weighted by atomic mass is 16.5. The Balaban J connectivity index is 1.93. The molecule has 0 aromatic heterocycles. The molecule has 158 valence electrons. The molecule has 0 aliphatic heterocycles. The van der Waals surface area contributed by atoms with Crippen LogP contribution in [-0.4, -0.2) is 49.7 Å². The molecule has 0 unspecified atom stereocenters. The summed E-state index contributed by atoms with van der Waals surface area (Å²) in [6, 6.07) is 0. The van der Waals surface area contributed by atoms with Crippen LogP contribution in [0.4, 0.5) is 0 Å². The maximum Gasteiger partial charge on any atom is 0.201 e. The van der Waals surface area contributed by atoms with Crippen molar-refractivity contribution in [2.45, 2.75) is 32.1 Å². The maximum atomic E-state index is 13.3. The molecule has 0 fully saturated rings.